The van der Waals surface area contributed by atoms with Crippen molar-refractivity contribution in [3.63, 3.8) is 0 Å². The number of benzene rings is 2. The van der Waals surface area contributed by atoms with Crippen LogP contribution < -0.4 is 10.2 Å². The largest absolute Gasteiger partial charge is 0.481 e. The summed E-state index contributed by atoms with van der Waals surface area (Å²) in [4.78, 5) is 37.9. The molecule has 1 atom stereocenters. The van der Waals surface area contributed by atoms with E-state index in [0.29, 0.717) is 34.9 Å². The van der Waals surface area contributed by atoms with Gasteiger partial charge in [-0.3, -0.25) is 14.4 Å². The monoisotopic (exact) mass is 400 g/mol. The highest BCUT2D eigenvalue weighted by Gasteiger charge is 2.37. The minimum atomic E-state index is -1.35. The lowest BCUT2D eigenvalue weighted by Gasteiger charge is -2.25. The summed E-state index contributed by atoms with van der Waals surface area (Å²) in [5.74, 6) is -1.48. The Kier molecular flexibility index (Phi) is 5.70. The first kappa shape index (κ1) is 19.9. The summed E-state index contributed by atoms with van der Waals surface area (Å²) >= 11 is 6.30. The van der Waals surface area contributed by atoms with Gasteiger partial charge in [0.2, 0.25) is 11.8 Å². The molecular formula is C21H21ClN2O4. The van der Waals surface area contributed by atoms with Crippen molar-refractivity contribution in [1.29, 1.82) is 0 Å². The average Bonchev–Trinajstić information content (AvgIpc) is 3.08. The van der Waals surface area contributed by atoms with Gasteiger partial charge in [0.1, 0.15) is 0 Å². The molecule has 2 N–H and O–H groups in total. The van der Waals surface area contributed by atoms with E-state index in [4.69, 9.17) is 11.6 Å². The van der Waals surface area contributed by atoms with Crippen LogP contribution in [0, 0.1) is 0 Å². The third kappa shape index (κ3) is 4.02. The fourth-order valence-corrected chi connectivity index (χ4v) is 3.62. The summed E-state index contributed by atoms with van der Waals surface area (Å²) in [5.41, 5.74) is 0.267. The number of hydrogen-bond donors (Lipinski definition) is 2. The molecule has 1 aliphatic heterocycles. The molecule has 0 bridgehead atoms. The number of aliphatic carboxylic acids is 1. The number of anilines is 2. The number of carbonyl (C=O) groups is 3. The number of nitrogens with one attached hydrogen (secondary N) is 1. The number of rotatable bonds is 6. The number of halogens is 1. The van der Waals surface area contributed by atoms with E-state index in [1.807, 2.05) is 0 Å². The first-order valence-electron chi connectivity index (χ1n) is 9.00. The van der Waals surface area contributed by atoms with E-state index in [1.165, 1.54) is 6.92 Å². The fourth-order valence-electron chi connectivity index (χ4n) is 3.34. The maximum Gasteiger partial charge on any atom is 0.314 e. The molecule has 0 spiro atoms. The number of carboxylic acid groups (broad SMARTS) is 1. The van der Waals surface area contributed by atoms with Gasteiger partial charge in [0.25, 0.3) is 0 Å². The van der Waals surface area contributed by atoms with E-state index >= 15 is 0 Å². The highest BCUT2D eigenvalue weighted by molar-refractivity contribution is 6.34. The normalized spacial score (nSPS) is 15.9. The molecule has 0 aromatic heterocycles. The Morgan fingerprint density at radius 1 is 1.21 bits per heavy atom. The molecule has 0 saturated carbocycles. The molecule has 0 radical (unpaired) electrons. The molecule has 28 heavy (non-hydrogen) atoms. The van der Waals surface area contributed by atoms with Crippen LogP contribution in [0.15, 0.2) is 48.5 Å². The molecule has 3 rings (SSSR count). The summed E-state index contributed by atoms with van der Waals surface area (Å²) in [6, 6.07) is 13.6. The van der Waals surface area contributed by atoms with Gasteiger partial charge < -0.3 is 15.3 Å². The molecule has 2 aromatic rings. The third-order valence-corrected chi connectivity index (χ3v) is 5.30. The maximum atomic E-state index is 12.5. The van der Waals surface area contributed by atoms with Crippen LogP contribution in [-0.4, -0.2) is 29.4 Å². The van der Waals surface area contributed by atoms with Gasteiger partial charge in [0.05, 0.1) is 16.1 Å². The smallest absolute Gasteiger partial charge is 0.314 e. The molecule has 1 heterocycles. The summed E-state index contributed by atoms with van der Waals surface area (Å²) in [6.07, 6.45) is 1.07. The highest BCUT2D eigenvalue weighted by Crippen LogP contribution is 2.33. The van der Waals surface area contributed by atoms with Gasteiger partial charge in [-0.2, -0.15) is 0 Å². The molecule has 2 aromatic carbocycles. The van der Waals surface area contributed by atoms with Crippen LogP contribution in [-0.2, 0) is 19.8 Å². The molecule has 7 heteroatoms. The second kappa shape index (κ2) is 8.02. The van der Waals surface area contributed by atoms with Gasteiger partial charge in [0, 0.05) is 25.1 Å². The SMILES string of the molecule is CC(CC(=O)Nc1ccc(N2CCCC2=O)c(Cl)c1)(C(=O)O)c1ccccc1. The predicted molar refractivity (Wildman–Crippen MR) is 108 cm³/mol. The van der Waals surface area contributed by atoms with Crippen LogP contribution in [0.3, 0.4) is 0 Å². The number of amides is 2. The second-order valence-corrected chi connectivity index (χ2v) is 7.45. The van der Waals surface area contributed by atoms with E-state index < -0.39 is 17.3 Å². The average molecular weight is 401 g/mol. The Hall–Kier alpha value is -2.86. The predicted octanol–water partition coefficient (Wildman–Crippen LogP) is 3.84. The van der Waals surface area contributed by atoms with Crippen LogP contribution in [0.1, 0.15) is 31.7 Å². The van der Waals surface area contributed by atoms with E-state index in [9.17, 15) is 19.5 Å². The Morgan fingerprint density at radius 3 is 2.50 bits per heavy atom. The summed E-state index contributed by atoms with van der Waals surface area (Å²) in [7, 11) is 0. The van der Waals surface area contributed by atoms with Crippen molar-refractivity contribution >= 4 is 40.8 Å². The van der Waals surface area contributed by atoms with E-state index in [0.717, 1.165) is 6.42 Å². The first-order valence-corrected chi connectivity index (χ1v) is 9.38. The van der Waals surface area contributed by atoms with E-state index in [1.54, 1.807) is 53.4 Å². The van der Waals surface area contributed by atoms with Gasteiger partial charge in [-0.05, 0) is 37.1 Å². The van der Waals surface area contributed by atoms with Crippen molar-refractivity contribution in [1.82, 2.24) is 0 Å². The summed E-state index contributed by atoms with van der Waals surface area (Å²) in [5, 5.41) is 12.7. The van der Waals surface area contributed by atoms with Crippen LogP contribution in [0.2, 0.25) is 5.02 Å². The summed E-state index contributed by atoms with van der Waals surface area (Å²) in [6.45, 7) is 2.15. The lowest BCUT2D eigenvalue weighted by atomic mass is 9.79. The minimum absolute atomic E-state index is 0.0266. The molecule has 0 aliphatic carbocycles. The molecule has 1 fully saturated rings. The highest BCUT2D eigenvalue weighted by atomic mass is 35.5. The van der Waals surface area contributed by atoms with E-state index in [-0.39, 0.29) is 12.3 Å². The zero-order chi connectivity index (χ0) is 20.3. The van der Waals surface area contributed by atoms with Crippen molar-refractivity contribution in [2.45, 2.75) is 31.6 Å². The molecule has 1 aliphatic rings. The van der Waals surface area contributed by atoms with Gasteiger partial charge in [0.15, 0.2) is 0 Å². The third-order valence-electron chi connectivity index (χ3n) is 4.99. The zero-order valence-corrected chi connectivity index (χ0v) is 16.2. The van der Waals surface area contributed by atoms with Crippen molar-refractivity contribution in [2.75, 3.05) is 16.8 Å². The number of nitrogens with zero attached hydrogens (tertiary/aromatic N) is 1. The topological polar surface area (TPSA) is 86.7 Å². The van der Waals surface area contributed by atoms with Crippen LogP contribution in [0.25, 0.3) is 0 Å². The second-order valence-electron chi connectivity index (χ2n) is 7.04. The zero-order valence-electron chi connectivity index (χ0n) is 15.4. The quantitative estimate of drug-likeness (QED) is 0.771. The number of carboxylic acids is 1. The molecule has 1 unspecified atom stereocenters. The maximum absolute atomic E-state index is 12.5. The van der Waals surface area contributed by atoms with Gasteiger partial charge in [-0.1, -0.05) is 41.9 Å². The number of hydrogen-bond acceptors (Lipinski definition) is 3. The molecule has 6 nitrogen and oxygen atoms in total. The molecule has 1 saturated heterocycles. The molecule has 146 valence electrons. The molecule has 2 amide bonds. The Morgan fingerprint density at radius 2 is 1.93 bits per heavy atom. The van der Waals surface area contributed by atoms with Crippen LogP contribution in [0.5, 0.6) is 0 Å². The van der Waals surface area contributed by atoms with E-state index in [2.05, 4.69) is 5.32 Å². The lowest BCUT2D eigenvalue weighted by molar-refractivity contribution is -0.145. The van der Waals surface area contributed by atoms with Crippen molar-refractivity contribution < 1.29 is 19.5 Å². The molecular weight excluding hydrogens is 380 g/mol. The van der Waals surface area contributed by atoms with Crippen molar-refractivity contribution in [3.05, 3.63) is 59.1 Å². The van der Waals surface area contributed by atoms with Crippen molar-refractivity contribution in [3.8, 4) is 0 Å². The van der Waals surface area contributed by atoms with Gasteiger partial charge in [-0.25, -0.2) is 0 Å². The van der Waals surface area contributed by atoms with Crippen LogP contribution in [0.4, 0.5) is 11.4 Å². The first-order chi connectivity index (χ1) is 13.3. The standard InChI is InChI=1S/C21H21ClN2O4/c1-21(20(27)28,14-6-3-2-4-7-14)13-18(25)23-15-9-10-17(16(22)12-15)24-11-5-8-19(24)26/h2-4,6-7,9-10,12H,5,8,11,13H2,1H3,(H,23,25)(H,27,28). The van der Waals surface area contributed by atoms with Crippen LogP contribution >= 0.6 is 11.6 Å². The van der Waals surface area contributed by atoms with Gasteiger partial charge >= 0.3 is 5.97 Å². The Bertz CT molecular complexity index is 916. The fraction of sp³-hybridized carbons (Fsp3) is 0.286. The summed E-state index contributed by atoms with van der Waals surface area (Å²) < 4.78 is 0. The Labute approximate surface area is 168 Å². The van der Waals surface area contributed by atoms with Gasteiger partial charge in [-0.15, -0.1) is 0 Å². The lowest BCUT2D eigenvalue weighted by Crippen LogP contribution is -2.36. The Balaban J connectivity index is 1.74. The van der Waals surface area contributed by atoms with Crippen molar-refractivity contribution in [2.24, 2.45) is 0 Å². The minimum Gasteiger partial charge on any atom is -0.481 e. The number of carbonyl (C=O) groups excluding carboxylic acids is 2.